The molecule has 116 valence electrons. The van der Waals surface area contributed by atoms with Crippen LogP contribution in [0, 0.1) is 0 Å². The van der Waals surface area contributed by atoms with E-state index in [0.717, 1.165) is 35.5 Å². The van der Waals surface area contributed by atoms with Crippen LogP contribution in [0.5, 0.6) is 11.5 Å². The topological polar surface area (TPSA) is 38.7 Å². The smallest absolute Gasteiger partial charge is 0.161 e. The molecule has 0 bridgehead atoms. The van der Waals surface area contributed by atoms with Gasteiger partial charge in [0.15, 0.2) is 11.5 Å². The Bertz CT molecular complexity index is 603. The van der Waals surface area contributed by atoms with Crippen molar-refractivity contribution in [1.29, 1.82) is 0 Å². The minimum Gasteiger partial charge on any atom is -0.493 e. The van der Waals surface area contributed by atoms with Gasteiger partial charge in [0, 0.05) is 0 Å². The number of hydrogen-bond acceptors (Lipinski definition) is 3. The molecular formula is C19H22O3. The molecule has 1 fully saturated rings. The minimum absolute atomic E-state index is 0.262. The van der Waals surface area contributed by atoms with Crippen LogP contribution in [-0.4, -0.2) is 18.3 Å². The number of methoxy groups -OCH3 is 1. The molecule has 1 aliphatic rings. The van der Waals surface area contributed by atoms with Crippen LogP contribution in [0.25, 0.3) is 0 Å². The number of hydrogen-bond donors (Lipinski definition) is 1. The monoisotopic (exact) mass is 298 g/mol. The molecule has 1 N–H and O–H groups in total. The summed E-state index contributed by atoms with van der Waals surface area (Å²) in [7, 11) is 1.64. The van der Waals surface area contributed by atoms with Gasteiger partial charge in [-0.3, -0.25) is 0 Å². The second-order valence-corrected chi connectivity index (χ2v) is 5.75. The maximum atomic E-state index is 10.5. The zero-order valence-corrected chi connectivity index (χ0v) is 12.9. The molecule has 2 aromatic carbocycles. The molecule has 0 aliphatic heterocycles. The molecule has 0 saturated heterocycles. The lowest BCUT2D eigenvalue weighted by molar-refractivity contribution is 0.196. The van der Waals surface area contributed by atoms with Gasteiger partial charge in [-0.25, -0.2) is 0 Å². The van der Waals surface area contributed by atoms with E-state index in [2.05, 4.69) is 0 Å². The van der Waals surface area contributed by atoms with Gasteiger partial charge in [-0.2, -0.15) is 0 Å². The van der Waals surface area contributed by atoms with Crippen molar-refractivity contribution in [3.8, 4) is 11.5 Å². The van der Waals surface area contributed by atoms with E-state index in [-0.39, 0.29) is 6.10 Å². The number of rotatable bonds is 5. The molecule has 1 saturated carbocycles. The van der Waals surface area contributed by atoms with Crippen LogP contribution in [0.3, 0.4) is 0 Å². The zero-order chi connectivity index (χ0) is 15.4. The van der Waals surface area contributed by atoms with Crippen molar-refractivity contribution in [3.05, 3.63) is 59.7 Å². The second kappa shape index (κ2) is 6.84. The maximum Gasteiger partial charge on any atom is 0.161 e. The Hall–Kier alpha value is -2.00. The van der Waals surface area contributed by atoms with Gasteiger partial charge in [0.05, 0.1) is 13.2 Å². The molecule has 1 aliphatic carbocycles. The first kappa shape index (κ1) is 14.9. The van der Waals surface area contributed by atoms with E-state index >= 15 is 0 Å². The fourth-order valence-corrected chi connectivity index (χ4v) is 2.97. The summed E-state index contributed by atoms with van der Waals surface area (Å²) in [5.41, 5.74) is 1.69. The molecule has 0 heterocycles. The number of aliphatic hydroxyl groups is 1. The highest BCUT2D eigenvalue weighted by Crippen LogP contribution is 2.35. The fourth-order valence-electron chi connectivity index (χ4n) is 2.97. The average molecular weight is 298 g/mol. The fraction of sp³-hybridized carbons (Fsp3) is 0.368. The standard InChI is InChI=1S/C19H22O3/c1-21-17-12-11-15(19(20)14-7-3-2-4-8-14)13-18(17)22-16-9-5-6-10-16/h2-4,7-8,11-13,16,19-20H,5-6,9-10H2,1H3. The summed E-state index contributed by atoms with van der Waals surface area (Å²) >= 11 is 0. The molecule has 3 nitrogen and oxygen atoms in total. The minimum atomic E-state index is -0.655. The molecule has 3 rings (SSSR count). The van der Waals surface area contributed by atoms with Crippen LogP contribution in [-0.2, 0) is 0 Å². The molecule has 0 radical (unpaired) electrons. The zero-order valence-electron chi connectivity index (χ0n) is 12.9. The quantitative estimate of drug-likeness (QED) is 0.903. The Balaban J connectivity index is 1.85. The van der Waals surface area contributed by atoms with Crippen LogP contribution in [0.4, 0.5) is 0 Å². The molecule has 22 heavy (non-hydrogen) atoms. The summed E-state index contributed by atoms with van der Waals surface area (Å²) in [6.45, 7) is 0. The molecule has 2 aromatic rings. The first-order chi connectivity index (χ1) is 10.8. The Morgan fingerprint density at radius 3 is 2.36 bits per heavy atom. The van der Waals surface area contributed by atoms with Crippen molar-refractivity contribution in [3.63, 3.8) is 0 Å². The van der Waals surface area contributed by atoms with Crippen LogP contribution < -0.4 is 9.47 Å². The SMILES string of the molecule is COc1ccc(C(O)c2ccccc2)cc1OC1CCCC1. The van der Waals surface area contributed by atoms with Gasteiger partial charge in [0.2, 0.25) is 0 Å². The van der Waals surface area contributed by atoms with E-state index in [0.29, 0.717) is 0 Å². The number of benzene rings is 2. The van der Waals surface area contributed by atoms with E-state index in [4.69, 9.17) is 9.47 Å². The number of aliphatic hydroxyl groups excluding tert-OH is 1. The third kappa shape index (κ3) is 3.25. The van der Waals surface area contributed by atoms with Crippen molar-refractivity contribution in [2.24, 2.45) is 0 Å². The first-order valence-electron chi connectivity index (χ1n) is 7.85. The van der Waals surface area contributed by atoms with Crippen LogP contribution in [0.1, 0.15) is 42.9 Å². The molecule has 1 unspecified atom stereocenters. The van der Waals surface area contributed by atoms with Gasteiger partial charge in [0.25, 0.3) is 0 Å². The van der Waals surface area contributed by atoms with E-state index in [1.54, 1.807) is 7.11 Å². The van der Waals surface area contributed by atoms with Crippen molar-refractivity contribution in [2.75, 3.05) is 7.11 Å². The lowest BCUT2D eigenvalue weighted by Gasteiger charge is -2.18. The Morgan fingerprint density at radius 2 is 1.68 bits per heavy atom. The van der Waals surface area contributed by atoms with Crippen LogP contribution >= 0.6 is 0 Å². The van der Waals surface area contributed by atoms with Gasteiger partial charge in [-0.05, 0) is 48.9 Å². The highest BCUT2D eigenvalue weighted by molar-refractivity contribution is 5.45. The van der Waals surface area contributed by atoms with Gasteiger partial charge < -0.3 is 14.6 Å². The van der Waals surface area contributed by atoms with Gasteiger partial charge >= 0.3 is 0 Å². The van der Waals surface area contributed by atoms with Crippen molar-refractivity contribution in [2.45, 2.75) is 37.9 Å². The summed E-state index contributed by atoms with van der Waals surface area (Å²) in [6, 6.07) is 15.3. The predicted octanol–water partition coefficient (Wildman–Crippen LogP) is 4.10. The molecule has 1 atom stereocenters. The lowest BCUT2D eigenvalue weighted by Crippen LogP contribution is -2.12. The highest BCUT2D eigenvalue weighted by atomic mass is 16.5. The summed E-state index contributed by atoms with van der Waals surface area (Å²) in [4.78, 5) is 0. The summed E-state index contributed by atoms with van der Waals surface area (Å²) in [5.74, 6) is 1.44. The lowest BCUT2D eigenvalue weighted by atomic mass is 10.0. The van der Waals surface area contributed by atoms with Crippen LogP contribution in [0.2, 0.25) is 0 Å². The molecule has 0 amide bonds. The van der Waals surface area contributed by atoms with E-state index in [9.17, 15) is 5.11 Å². The third-order valence-electron chi connectivity index (χ3n) is 4.21. The molecular weight excluding hydrogens is 276 g/mol. The Labute approximate surface area is 131 Å². The Morgan fingerprint density at radius 1 is 0.955 bits per heavy atom. The molecule has 0 aromatic heterocycles. The van der Waals surface area contributed by atoms with Gasteiger partial charge in [-0.15, -0.1) is 0 Å². The highest BCUT2D eigenvalue weighted by Gasteiger charge is 2.20. The predicted molar refractivity (Wildman–Crippen MR) is 86.4 cm³/mol. The van der Waals surface area contributed by atoms with E-state index < -0.39 is 6.10 Å². The van der Waals surface area contributed by atoms with Gasteiger partial charge in [-0.1, -0.05) is 36.4 Å². The Kier molecular flexibility index (Phi) is 4.64. The summed E-state index contributed by atoms with van der Waals surface area (Å²) < 4.78 is 11.5. The summed E-state index contributed by atoms with van der Waals surface area (Å²) in [5, 5.41) is 10.5. The largest absolute Gasteiger partial charge is 0.493 e. The van der Waals surface area contributed by atoms with Crippen LogP contribution in [0.15, 0.2) is 48.5 Å². The van der Waals surface area contributed by atoms with E-state index in [1.807, 2.05) is 48.5 Å². The third-order valence-corrected chi connectivity index (χ3v) is 4.21. The van der Waals surface area contributed by atoms with Crippen molar-refractivity contribution in [1.82, 2.24) is 0 Å². The first-order valence-corrected chi connectivity index (χ1v) is 7.85. The maximum absolute atomic E-state index is 10.5. The molecule has 0 spiro atoms. The van der Waals surface area contributed by atoms with E-state index in [1.165, 1.54) is 12.8 Å². The number of ether oxygens (including phenoxy) is 2. The normalized spacial score (nSPS) is 16.5. The average Bonchev–Trinajstić information content (AvgIpc) is 3.08. The molecule has 3 heteroatoms. The second-order valence-electron chi connectivity index (χ2n) is 5.75. The summed E-state index contributed by atoms with van der Waals surface area (Å²) in [6.07, 6.45) is 4.23. The van der Waals surface area contributed by atoms with Gasteiger partial charge in [0.1, 0.15) is 6.10 Å². The van der Waals surface area contributed by atoms with Crippen molar-refractivity contribution < 1.29 is 14.6 Å². The van der Waals surface area contributed by atoms with Crippen molar-refractivity contribution >= 4 is 0 Å².